The van der Waals surface area contributed by atoms with Gasteiger partial charge in [0, 0.05) is 16.0 Å². The highest BCUT2D eigenvalue weighted by atomic mass is 35.5. The molecule has 1 amide bonds. The van der Waals surface area contributed by atoms with Crippen molar-refractivity contribution in [3.63, 3.8) is 0 Å². The lowest BCUT2D eigenvalue weighted by molar-refractivity contribution is 0.102. The van der Waals surface area contributed by atoms with Crippen LogP contribution >= 0.6 is 11.6 Å². The van der Waals surface area contributed by atoms with Crippen molar-refractivity contribution >= 4 is 34.1 Å². The quantitative estimate of drug-likeness (QED) is 0.417. The number of hydrogen-bond acceptors (Lipinski definition) is 3. The molecule has 0 aliphatic heterocycles. The standard InChI is InChI=1S/C25H21ClN2O2/c1-15-8-9-17(12-16(15)2)22-14-20(19-6-4-5-7-21(19)27-22)25(29)28-23-13-18(26)10-11-24(23)30-3/h4-14H,1-3H3,(H,28,29). The van der Waals surface area contributed by atoms with Gasteiger partial charge in [0.15, 0.2) is 0 Å². The smallest absolute Gasteiger partial charge is 0.256 e. The lowest BCUT2D eigenvalue weighted by Gasteiger charge is -2.13. The molecule has 4 aromatic rings. The molecule has 5 heteroatoms. The summed E-state index contributed by atoms with van der Waals surface area (Å²) in [6.45, 7) is 4.14. The topological polar surface area (TPSA) is 51.2 Å². The van der Waals surface area contributed by atoms with Gasteiger partial charge in [-0.3, -0.25) is 4.79 Å². The van der Waals surface area contributed by atoms with Gasteiger partial charge in [0.05, 0.1) is 29.6 Å². The van der Waals surface area contributed by atoms with E-state index in [1.807, 2.05) is 36.4 Å². The number of fused-ring (bicyclic) bond motifs is 1. The van der Waals surface area contributed by atoms with Crippen LogP contribution in [0.5, 0.6) is 5.75 Å². The number of rotatable bonds is 4. The van der Waals surface area contributed by atoms with Gasteiger partial charge in [-0.2, -0.15) is 0 Å². The maximum atomic E-state index is 13.3. The number of nitrogens with zero attached hydrogens (tertiary/aromatic N) is 1. The van der Waals surface area contributed by atoms with Crippen molar-refractivity contribution in [2.75, 3.05) is 12.4 Å². The van der Waals surface area contributed by atoms with Crippen molar-refractivity contribution < 1.29 is 9.53 Å². The van der Waals surface area contributed by atoms with Crippen LogP contribution in [0, 0.1) is 13.8 Å². The number of nitrogens with one attached hydrogen (secondary N) is 1. The number of aryl methyl sites for hydroxylation is 2. The number of carbonyl (C=O) groups excluding carboxylic acids is 1. The summed E-state index contributed by atoms with van der Waals surface area (Å²) in [5, 5.41) is 4.23. The van der Waals surface area contributed by atoms with E-state index in [-0.39, 0.29) is 5.91 Å². The molecule has 150 valence electrons. The Morgan fingerprint density at radius 3 is 2.53 bits per heavy atom. The Morgan fingerprint density at radius 1 is 0.967 bits per heavy atom. The fourth-order valence-corrected chi connectivity index (χ4v) is 3.55. The minimum atomic E-state index is -0.251. The molecule has 0 radical (unpaired) electrons. The summed E-state index contributed by atoms with van der Waals surface area (Å²) >= 11 is 6.11. The number of carbonyl (C=O) groups is 1. The Morgan fingerprint density at radius 2 is 1.77 bits per heavy atom. The first-order valence-electron chi connectivity index (χ1n) is 9.58. The van der Waals surface area contributed by atoms with E-state index < -0.39 is 0 Å². The Hall–Kier alpha value is -3.37. The van der Waals surface area contributed by atoms with Crippen LogP contribution in [0.25, 0.3) is 22.2 Å². The third kappa shape index (κ3) is 3.87. The number of anilines is 1. The number of amides is 1. The number of methoxy groups -OCH3 is 1. The molecule has 1 heterocycles. The summed E-state index contributed by atoms with van der Waals surface area (Å²) in [7, 11) is 1.55. The van der Waals surface area contributed by atoms with E-state index in [4.69, 9.17) is 21.3 Å². The van der Waals surface area contributed by atoms with Crippen LogP contribution < -0.4 is 10.1 Å². The van der Waals surface area contributed by atoms with E-state index in [0.717, 1.165) is 22.2 Å². The highest BCUT2D eigenvalue weighted by molar-refractivity contribution is 6.31. The number of hydrogen-bond donors (Lipinski definition) is 1. The second-order valence-electron chi connectivity index (χ2n) is 7.17. The summed E-state index contributed by atoms with van der Waals surface area (Å²) in [6, 6.07) is 20.8. The minimum absolute atomic E-state index is 0.251. The van der Waals surface area contributed by atoms with Crippen molar-refractivity contribution in [3.05, 3.63) is 88.4 Å². The molecular weight excluding hydrogens is 396 g/mol. The number of benzene rings is 3. The van der Waals surface area contributed by atoms with E-state index in [0.29, 0.717) is 22.0 Å². The zero-order chi connectivity index (χ0) is 21.3. The molecule has 3 aromatic carbocycles. The molecule has 0 atom stereocenters. The SMILES string of the molecule is COc1ccc(Cl)cc1NC(=O)c1cc(-c2ccc(C)c(C)c2)nc2ccccc12. The van der Waals surface area contributed by atoms with Crippen molar-refractivity contribution in [2.45, 2.75) is 13.8 Å². The largest absolute Gasteiger partial charge is 0.495 e. The maximum Gasteiger partial charge on any atom is 0.256 e. The summed E-state index contributed by atoms with van der Waals surface area (Å²) in [6.07, 6.45) is 0. The number of ether oxygens (including phenoxy) is 1. The molecule has 1 N–H and O–H groups in total. The molecule has 4 nitrogen and oxygen atoms in total. The first kappa shape index (κ1) is 19.9. The van der Waals surface area contributed by atoms with Gasteiger partial charge in [-0.15, -0.1) is 0 Å². The molecule has 0 aliphatic rings. The highest BCUT2D eigenvalue weighted by Crippen LogP contribution is 2.30. The van der Waals surface area contributed by atoms with Gasteiger partial charge in [-0.1, -0.05) is 41.9 Å². The average molecular weight is 417 g/mol. The normalized spacial score (nSPS) is 10.8. The van der Waals surface area contributed by atoms with E-state index in [9.17, 15) is 4.79 Å². The molecule has 0 saturated carbocycles. The van der Waals surface area contributed by atoms with Crippen molar-refractivity contribution in [2.24, 2.45) is 0 Å². The number of para-hydroxylation sites is 1. The monoisotopic (exact) mass is 416 g/mol. The van der Waals surface area contributed by atoms with E-state index >= 15 is 0 Å². The van der Waals surface area contributed by atoms with Crippen LogP contribution in [-0.2, 0) is 0 Å². The first-order chi connectivity index (χ1) is 14.5. The van der Waals surface area contributed by atoms with Gasteiger partial charge in [0.2, 0.25) is 0 Å². The van der Waals surface area contributed by atoms with Crippen molar-refractivity contribution in [3.8, 4) is 17.0 Å². The third-order valence-corrected chi connectivity index (χ3v) is 5.41. The molecule has 0 bridgehead atoms. The van der Waals surface area contributed by atoms with Gasteiger partial charge < -0.3 is 10.1 Å². The van der Waals surface area contributed by atoms with Crippen LogP contribution in [0.15, 0.2) is 66.7 Å². The fraction of sp³-hybridized carbons (Fsp3) is 0.120. The van der Waals surface area contributed by atoms with Gasteiger partial charge in [-0.25, -0.2) is 4.98 Å². The summed E-state index contributed by atoms with van der Waals surface area (Å²) < 4.78 is 5.36. The summed E-state index contributed by atoms with van der Waals surface area (Å²) in [5.41, 5.74) is 5.93. The van der Waals surface area contributed by atoms with Gasteiger partial charge in [0.25, 0.3) is 5.91 Å². The Labute approximate surface area is 180 Å². The Kier molecular flexibility index (Phi) is 5.42. The van der Waals surface area contributed by atoms with Gasteiger partial charge in [0.1, 0.15) is 5.75 Å². The van der Waals surface area contributed by atoms with E-state index in [2.05, 4.69) is 31.3 Å². The second-order valence-corrected chi connectivity index (χ2v) is 7.61. The van der Waals surface area contributed by atoms with Crippen molar-refractivity contribution in [1.29, 1.82) is 0 Å². The summed E-state index contributed by atoms with van der Waals surface area (Å²) in [4.78, 5) is 18.1. The predicted octanol–water partition coefficient (Wildman–Crippen LogP) is 6.43. The van der Waals surface area contributed by atoms with Crippen LogP contribution in [0.2, 0.25) is 5.02 Å². The Bertz CT molecular complexity index is 1270. The number of pyridine rings is 1. The van der Waals surface area contributed by atoms with Gasteiger partial charge in [-0.05, 0) is 61.4 Å². The Balaban J connectivity index is 1.82. The molecule has 0 saturated heterocycles. The first-order valence-corrected chi connectivity index (χ1v) is 9.96. The van der Waals surface area contributed by atoms with Gasteiger partial charge >= 0.3 is 0 Å². The number of aromatic nitrogens is 1. The average Bonchev–Trinajstić information content (AvgIpc) is 2.75. The molecule has 0 aliphatic carbocycles. The molecule has 0 spiro atoms. The molecule has 1 aromatic heterocycles. The van der Waals surface area contributed by atoms with E-state index in [1.165, 1.54) is 11.1 Å². The van der Waals surface area contributed by atoms with Crippen LogP contribution in [-0.4, -0.2) is 18.0 Å². The molecular formula is C25H21ClN2O2. The molecule has 4 rings (SSSR count). The highest BCUT2D eigenvalue weighted by Gasteiger charge is 2.16. The lowest BCUT2D eigenvalue weighted by Crippen LogP contribution is -2.14. The molecule has 0 unspecified atom stereocenters. The number of halogens is 1. The zero-order valence-electron chi connectivity index (χ0n) is 17.0. The second kappa shape index (κ2) is 8.17. The lowest BCUT2D eigenvalue weighted by atomic mass is 10.0. The zero-order valence-corrected chi connectivity index (χ0v) is 17.7. The van der Waals surface area contributed by atoms with Crippen LogP contribution in [0.1, 0.15) is 21.5 Å². The third-order valence-electron chi connectivity index (χ3n) is 5.17. The maximum absolute atomic E-state index is 13.3. The fourth-order valence-electron chi connectivity index (χ4n) is 3.38. The molecule has 0 fully saturated rings. The summed E-state index contributed by atoms with van der Waals surface area (Å²) in [5.74, 6) is 0.291. The molecule has 30 heavy (non-hydrogen) atoms. The predicted molar refractivity (Wildman–Crippen MR) is 123 cm³/mol. The minimum Gasteiger partial charge on any atom is -0.495 e. The van der Waals surface area contributed by atoms with Crippen LogP contribution in [0.3, 0.4) is 0 Å². The van der Waals surface area contributed by atoms with E-state index in [1.54, 1.807) is 25.3 Å². The van der Waals surface area contributed by atoms with Crippen LogP contribution in [0.4, 0.5) is 5.69 Å². The van der Waals surface area contributed by atoms with Crippen molar-refractivity contribution in [1.82, 2.24) is 4.98 Å².